The van der Waals surface area contributed by atoms with Crippen molar-refractivity contribution in [2.24, 2.45) is 9.16 Å². The van der Waals surface area contributed by atoms with E-state index in [1.54, 1.807) is 0 Å². The molecular weight excluding hydrogens is 324 g/mol. The molecule has 0 aromatic heterocycles. The molecule has 0 rings (SSSR count). The summed E-state index contributed by atoms with van der Waals surface area (Å²) in [6.45, 7) is 3.89. The second kappa shape index (κ2) is 12.9. The third kappa shape index (κ3) is 13.1. The smallest absolute Gasteiger partial charge is 0.303 e. The van der Waals surface area contributed by atoms with Gasteiger partial charge in [-0.2, -0.15) is 0 Å². The van der Waals surface area contributed by atoms with E-state index in [1.165, 1.54) is 0 Å². The topological polar surface area (TPSA) is 96.2 Å². The van der Waals surface area contributed by atoms with Crippen LogP contribution < -0.4 is 0 Å². The van der Waals surface area contributed by atoms with Crippen molar-refractivity contribution < 1.29 is 9.90 Å². The summed E-state index contributed by atoms with van der Waals surface area (Å²) in [6.07, 6.45) is 7.78. The van der Waals surface area contributed by atoms with E-state index in [2.05, 4.69) is 9.16 Å². The first kappa shape index (κ1) is 21.4. The van der Waals surface area contributed by atoms with Gasteiger partial charge in [0, 0.05) is 49.5 Å². The van der Waals surface area contributed by atoms with Crippen LogP contribution in [0, 0.1) is 9.81 Å². The van der Waals surface area contributed by atoms with Gasteiger partial charge < -0.3 is 5.11 Å². The highest BCUT2D eigenvalue weighted by Gasteiger charge is 2.25. The number of carboxylic acid groups (broad SMARTS) is 1. The summed E-state index contributed by atoms with van der Waals surface area (Å²) < 4.78 is 5.53. The zero-order valence-electron chi connectivity index (χ0n) is 13.3. The van der Waals surface area contributed by atoms with E-state index in [1.807, 2.05) is 13.8 Å². The van der Waals surface area contributed by atoms with Crippen LogP contribution in [0.3, 0.4) is 0 Å². The van der Waals surface area contributed by atoms with Crippen molar-refractivity contribution in [3.63, 3.8) is 0 Å². The van der Waals surface area contributed by atoms with Crippen LogP contribution in [0.2, 0.25) is 0 Å². The van der Waals surface area contributed by atoms with Gasteiger partial charge >= 0.3 is 5.97 Å². The molecule has 22 heavy (non-hydrogen) atoms. The Labute approximate surface area is 140 Å². The predicted molar refractivity (Wildman–Crippen MR) is 93.8 cm³/mol. The summed E-state index contributed by atoms with van der Waals surface area (Å²) in [4.78, 5) is 31.2. The number of carboxylic acids is 1. The van der Waals surface area contributed by atoms with E-state index in [9.17, 15) is 14.6 Å². The molecule has 1 unspecified atom stereocenters. The minimum Gasteiger partial charge on any atom is -0.481 e. The lowest BCUT2D eigenvalue weighted by atomic mass is 10.0. The van der Waals surface area contributed by atoms with Crippen molar-refractivity contribution in [3.8, 4) is 0 Å². The molecule has 0 aromatic carbocycles. The van der Waals surface area contributed by atoms with Gasteiger partial charge in [0.25, 0.3) is 0 Å². The molecule has 0 saturated carbocycles. The van der Waals surface area contributed by atoms with Crippen LogP contribution in [0.25, 0.3) is 0 Å². The fourth-order valence-corrected chi connectivity index (χ4v) is 3.76. The van der Waals surface area contributed by atoms with Crippen molar-refractivity contribution in [2.45, 2.75) is 81.6 Å². The standard InChI is InChI=1S/C14H26N2O4S2/c1-14(2,22-16-20)11-12(21-15-19)9-7-5-3-4-6-8-10-13(17)18/h12H,3-11H2,1-2H3,(H,17,18). The number of hydrogen-bond acceptors (Lipinski definition) is 7. The molecular formula is C14H26N2O4S2. The van der Waals surface area contributed by atoms with Crippen LogP contribution in [0.4, 0.5) is 0 Å². The lowest BCUT2D eigenvalue weighted by molar-refractivity contribution is -0.137. The van der Waals surface area contributed by atoms with E-state index in [0.717, 1.165) is 75.3 Å². The monoisotopic (exact) mass is 350 g/mol. The van der Waals surface area contributed by atoms with Crippen molar-refractivity contribution in [1.82, 2.24) is 0 Å². The number of nitroso groups, excluding NO2 is 2. The highest BCUT2D eigenvalue weighted by Crippen LogP contribution is 2.35. The number of rotatable bonds is 15. The molecule has 0 spiro atoms. The molecule has 0 fully saturated rings. The van der Waals surface area contributed by atoms with Crippen molar-refractivity contribution in [2.75, 3.05) is 0 Å². The first-order valence-electron chi connectivity index (χ1n) is 7.62. The maximum Gasteiger partial charge on any atom is 0.303 e. The molecule has 1 atom stereocenters. The van der Waals surface area contributed by atoms with Gasteiger partial charge in [-0.1, -0.05) is 32.1 Å². The normalized spacial score (nSPS) is 12.8. The fraction of sp³-hybridized carbons (Fsp3) is 0.929. The molecule has 0 aliphatic rings. The van der Waals surface area contributed by atoms with Gasteiger partial charge in [-0.25, -0.2) is 0 Å². The van der Waals surface area contributed by atoms with E-state index in [0.29, 0.717) is 0 Å². The summed E-state index contributed by atoms with van der Waals surface area (Å²) in [5, 5.41) is 8.65. The molecule has 0 bridgehead atoms. The van der Waals surface area contributed by atoms with Crippen molar-refractivity contribution >= 4 is 29.9 Å². The summed E-state index contributed by atoms with van der Waals surface area (Å²) >= 11 is 2.06. The Morgan fingerprint density at radius 3 is 2.18 bits per heavy atom. The lowest BCUT2D eigenvalue weighted by Gasteiger charge is -2.23. The van der Waals surface area contributed by atoms with Gasteiger partial charge in [0.2, 0.25) is 0 Å². The Bertz CT molecular complexity index is 341. The predicted octanol–water partition coefficient (Wildman–Crippen LogP) is 5.56. The maximum absolute atomic E-state index is 10.5. The molecule has 1 N–H and O–H groups in total. The Morgan fingerprint density at radius 2 is 1.64 bits per heavy atom. The van der Waals surface area contributed by atoms with Crippen molar-refractivity contribution in [1.29, 1.82) is 0 Å². The van der Waals surface area contributed by atoms with Crippen LogP contribution in [-0.4, -0.2) is 21.1 Å². The Kier molecular flexibility index (Phi) is 12.5. The van der Waals surface area contributed by atoms with E-state index >= 15 is 0 Å². The van der Waals surface area contributed by atoms with Crippen LogP contribution in [0.15, 0.2) is 9.16 Å². The largest absolute Gasteiger partial charge is 0.481 e. The molecule has 6 nitrogen and oxygen atoms in total. The van der Waals surface area contributed by atoms with E-state index in [-0.39, 0.29) is 16.4 Å². The molecule has 0 heterocycles. The number of unbranched alkanes of at least 4 members (excludes halogenated alkanes) is 5. The van der Waals surface area contributed by atoms with E-state index in [4.69, 9.17) is 5.11 Å². The third-order valence-electron chi connectivity index (χ3n) is 3.36. The van der Waals surface area contributed by atoms with Gasteiger partial charge in [0.05, 0.1) is 0 Å². The first-order valence-corrected chi connectivity index (χ1v) is 9.23. The highest BCUT2D eigenvalue weighted by atomic mass is 32.2. The summed E-state index contributed by atoms with van der Waals surface area (Å²) in [5.41, 5.74) is 0. The number of aliphatic carboxylic acids is 1. The zero-order chi connectivity index (χ0) is 16.8. The summed E-state index contributed by atoms with van der Waals surface area (Å²) in [5.74, 6) is -0.730. The molecule has 0 saturated heterocycles. The molecule has 0 aliphatic heterocycles. The summed E-state index contributed by atoms with van der Waals surface area (Å²) in [6, 6.07) is 0. The molecule has 0 radical (unpaired) electrons. The van der Waals surface area contributed by atoms with Crippen LogP contribution in [0.1, 0.15) is 71.6 Å². The number of carbonyl (C=O) groups is 1. The average molecular weight is 351 g/mol. The van der Waals surface area contributed by atoms with Crippen LogP contribution in [0.5, 0.6) is 0 Å². The molecule has 0 aliphatic carbocycles. The van der Waals surface area contributed by atoms with Gasteiger partial charge in [0.15, 0.2) is 0 Å². The zero-order valence-corrected chi connectivity index (χ0v) is 15.0. The third-order valence-corrected chi connectivity index (χ3v) is 4.88. The van der Waals surface area contributed by atoms with Crippen LogP contribution in [-0.2, 0) is 4.79 Å². The van der Waals surface area contributed by atoms with Crippen molar-refractivity contribution in [3.05, 3.63) is 9.81 Å². The number of nitrogens with zero attached hydrogens (tertiary/aromatic N) is 2. The van der Waals surface area contributed by atoms with Crippen LogP contribution >= 0.6 is 23.9 Å². The van der Waals surface area contributed by atoms with Gasteiger partial charge in [0.1, 0.15) is 0 Å². The maximum atomic E-state index is 10.5. The second-order valence-electron chi connectivity index (χ2n) is 5.99. The minimum absolute atomic E-state index is 0.119. The summed E-state index contributed by atoms with van der Waals surface area (Å²) in [7, 11) is 0. The SMILES string of the molecule is CC(C)(CC(CCCCCCCCC(=O)O)SN=O)SN=O. The molecule has 0 aromatic rings. The fourth-order valence-electron chi connectivity index (χ4n) is 2.29. The van der Waals surface area contributed by atoms with Gasteiger partial charge in [-0.15, -0.1) is 9.81 Å². The number of hydrogen-bond donors (Lipinski definition) is 1. The van der Waals surface area contributed by atoms with E-state index < -0.39 is 5.97 Å². The minimum atomic E-state index is -0.730. The lowest BCUT2D eigenvalue weighted by Crippen LogP contribution is -2.20. The Balaban J connectivity index is 3.80. The molecule has 8 heteroatoms. The van der Waals surface area contributed by atoms with Gasteiger partial charge in [-0.3, -0.25) is 4.79 Å². The molecule has 128 valence electrons. The van der Waals surface area contributed by atoms with Gasteiger partial charge in [-0.05, 0) is 33.1 Å². The molecule has 0 amide bonds. The Hall–Kier alpha value is -0.630. The highest BCUT2D eigenvalue weighted by molar-refractivity contribution is 7.99. The Morgan fingerprint density at radius 1 is 1.05 bits per heavy atom. The first-order chi connectivity index (χ1) is 10.4. The average Bonchev–Trinajstić information content (AvgIpc) is 2.41. The second-order valence-corrected chi connectivity index (χ2v) is 8.45. The quantitative estimate of drug-likeness (QED) is 0.236.